The van der Waals surface area contributed by atoms with Crippen molar-refractivity contribution in [2.24, 2.45) is 0 Å². The van der Waals surface area contributed by atoms with Crippen LogP contribution in [0.4, 0.5) is 68.2 Å². The van der Waals surface area contributed by atoms with Crippen LogP contribution in [0.2, 0.25) is 0 Å². The van der Waals surface area contributed by atoms with E-state index >= 15 is 0 Å². The van der Waals surface area contributed by atoms with Crippen molar-refractivity contribution in [1.29, 1.82) is 0 Å². The van der Waals surface area contributed by atoms with E-state index < -0.39 is 0 Å². The van der Waals surface area contributed by atoms with E-state index in [9.17, 15) is 0 Å². The van der Waals surface area contributed by atoms with Crippen LogP contribution in [0.1, 0.15) is 0 Å². The summed E-state index contributed by atoms with van der Waals surface area (Å²) in [6.07, 6.45) is 0. The average molecular weight is 1360 g/mol. The van der Waals surface area contributed by atoms with Crippen molar-refractivity contribution in [2.45, 2.75) is 0 Å². The molecule has 0 saturated heterocycles. The first-order valence-electron chi connectivity index (χ1n) is 36.2. The molecule has 502 valence electrons. The Hall–Kier alpha value is -14.1. The molecule has 0 aliphatic heterocycles. The molecule has 0 radical (unpaired) electrons. The number of hydrogen-bond acceptors (Lipinski definition) is 4. The van der Waals surface area contributed by atoms with E-state index in [-0.39, 0.29) is 0 Å². The number of hydrogen-bond donors (Lipinski definition) is 0. The zero-order chi connectivity index (χ0) is 70.8. The molecular formula is C102H74N4. The van der Waals surface area contributed by atoms with Crippen molar-refractivity contribution in [3.63, 3.8) is 0 Å². The number of anilines is 12. The summed E-state index contributed by atoms with van der Waals surface area (Å²) in [5, 5.41) is 7.33. The maximum atomic E-state index is 2.39. The molecule has 18 aromatic carbocycles. The molecule has 0 aromatic heterocycles. The van der Waals surface area contributed by atoms with Crippen LogP contribution >= 0.6 is 0 Å². The van der Waals surface area contributed by atoms with Gasteiger partial charge in [0.1, 0.15) is 0 Å². The molecule has 0 fully saturated rings. The van der Waals surface area contributed by atoms with Gasteiger partial charge in [-0.05, 0) is 211 Å². The predicted molar refractivity (Wildman–Crippen MR) is 451 cm³/mol. The van der Waals surface area contributed by atoms with Crippen LogP contribution in [0.15, 0.2) is 449 Å². The highest BCUT2D eigenvalue weighted by Gasteiger charge is 2.23. The van der Waals surface area contributed by atoms with Gasteiger partial charge in [-0.1, -0.05) is 315 Å². The molecule has 4 nitrogen and oxygen atoms in total. The van der Waals surface area contributed by atoms with E-state index in [2.05, 4.69) is 469 Å². The Balaban J connectivity index is 0.000000165. The van der Waals surface area contributed by atoms with Gasteiger partial charge in [0.2, 0.25) is 0 Å². The van der Waals surface area contributed by atoms with Gasteiger partial charge in [0, 0.05) is 67.6 Å². The van der Waals surface area contributed by atoms with Gasteiger partial charge in [0.25, 0.3) is 0 Å². The van der Waals surface area contributed by atoms with Gasteiger partial charge < -0.3 is 19.6 Å². The van der Waals surface area contributed by atoms with E-state index in [1.165, 1.54) is 76.8 Å². The minimum atomic E-state index is 1.09. The van der Waals surface area contributed by atoms with Gasteiger partial charge in [-0.15, -0.1) is 0 Å². The van der Waals surface area contributed by atoms with Crippen LogP contribution in [0.5, 0.6) is 0 Å². The van der Waals surface area contributed by atoms with Crippen LogP contribution in [-0.2, 0) is 0 Å². The number of fused-ring (bicyclic) bond motifs is 5. The normalized spacial score (nSPS) is 11.0. The van der Waals surface area contributed by atoms with Gasteiger partial charge in [0.05, 0.1) is 11.4 Å². The Morgan fingerprint density at radius 3 is 0.453 bits per heavy atom. The third-order valence-corrected chi connectivity index (χ3v) is 19.9. The van der Waals surface area contributed by atoms with Crippen LogP contribution in [0, 0.1) is 0 Å². The Bertz CT molecular complexity index is 5300. The molecule has 0 aliphatic rings. The lowest BCUT2D eigenvalue weighted by Crippen LogP contribution is -2.11. The van der Waals surface area contributed by atoms with E-state index in [0.717, 1.165) is 79.4 Å². The first kappa shape index (κ1) is 65.3. The maximum Gasteiger partial charge on any atom is 0.0546 e. The topological polar surface area (TPSA) is 13.0 Å². The Morgan fingerprint density at radius 2 is 0.255 bits per heavy atom. The summed E-state index contributed by atoms with van der Waals surface area (Å²) in [4.78, 5) is 9.43. The maximum absolute atomic E-state index is 2.39. The van der Waals surface area contributed by atoms with Crippen LogP contribution in [0.25, 0.3) is 88.0 Å². The van der Waals surface area contributed by atoms with Gasteiger partial charge in [-0.25, -0.2) is 0 Å². The predicted octanol–water partition coefficient (Wildman–Crippen LogP) is 29.0. The number of para-hydroxylation sites is 4. The largest absolute Gasteiger partial charge is 0.311 e. The lowest BCUT2D eigenvalue weighted by Gasteiger charge is -2.29. The minimum Gasteiger partial charge on any atom is -0.311 e. The number of nitrogens with zero attached hydrogens (tertiary/aromatic N) is 4. The van der Waals surface area contributed by atoms with Crippen molar-refractivity contribution in [1.82, 2.24) is 0 Å². The van der Waals surface area contributed by atoms with Crippen LogP contribution in [-0.4, -0.2) is 0 Å². The summed E-state index contributed by atoms with van der Waals surface area (Å²) in [6, 6.07) is 161. The highest BCUT2D eigenvalue weighted by molar-refractivity contribution is 6.24. The second kappa shape index (κ2) is 30.3. The Kier molecular flexibility index (Phi) is 18.6. The van der Waals surface area contributed by atoms with Crippen molar-refractivity contribution < 1.29 is 0 Å². The van der Waals surface area contributed by atoms with E-state index in [0.29, 0.717) is 0 Å². The number of benzene rings is 18. The molecule has 4 heteroatoms. The molecule has 0 N–H and O–H groups in total. The summed E-state index contributed by atoms with van der Waals surface area (Å²) in [5.41, 5.74) is 25.3. The molecule has 0 spiro atoms. The molecule has 18 rings (SSSR count). The molecule has 0 aliphatic carbocycles. The van der Waals surface area contributed by atoms with Crippen molar-refractivity contribution in [3.8, 4) is 55.6 Å². The van der Waals surface area contributed by atoms with Crippen molar-refractivity contribution >= 4 is 101 Å². The SMILES string of the molecule is c1ccc(-c2ccc(N(c3ccc(-c4ccccc4)cc3)c3ccc(-c4ccc(N(c5ccc(-c6ccccc6)cc5)c5ccc(-c6ccccc6)cc5)cc4)cc3)cc2)cc1.c1ccc(N(c2ccccc2)c2cc3c4ccccc4c(N(c4ccccc4)c4ccccc4)cc3c3ccccc23)cc1. The summed E-state index contributed by atoms with van der Waals surface area (Å²) in [5.74, 6) is 0. The van der Waals surface area contributed by atoms with E-state index in [1.54, 1.807) is 0 Å². The molecule has 0 atom stereocenters. The first-order chi connectivity index (χ1) is 52.6. The van der Waals surface area contributed by atoms with E-state index in [1.807, 2.05) is 0 Å². The van der Waals surface area contributed by atoms with Crippen LogP contribution in [0.3, 0.4) is 0 Å². The second-order valence-electron chi connectivity index (χ2n) is 26.4. The molecule has 18 aromatic rings. The summed E-state index contributed by atoms with van der Waals surface area (Å²) in [6.45, 7) is 0. The van der Waals surface area contributed by atoms with E-state index in [4.69, 9.17) is 0 Å². The minimum absolute atomic E-state index is 1.09. The Morgan fingerprint density at radius 1 is 0.104 bits per heavy atom. The molecule has 0 bridgehead atoms. The highest BCUT2D eigenvalue weighted by atomic mass is 15.2. The smallest absolute Gasteiger partial charge is 0.0546 e. The summed E-state index contributed by atoms with van der Waals surface area (Å²) >= 11 is 0. The van der Waals surface area contributed by atoms with Gasteiger partial charge in [-0.3, -0.25) is 0 Å². The lowest BCUT2D eigenvalue weighted by atomic mass is 9.93. The quantitative estimate of drug-likeness (QED) is 0.0843. The molecule has 0 saturated carbocycles. The number of rotatable bonds is 17. The molecule has 0 amide bonds. The van der Waals surface area contributed by atoms with Gasteiger partial charge in [-0.2, -0.15) is 0 Å². The zero-order valence-corrected chi connectivity index (χ0v) is 58.5. The monoisotopic (exact) mass is 1350 g/mol. The summed E-state index contributed by atoms with van der Waals surface area (Å²) < 4.78 is 0. The van der Waals surface area contributed by atoms with Crippen LogP contribution < -0.4 is 19.6 Å². The standard InChI is InChI=1S/C60H44N2.C42H30N2/c1-5-13-45(14-6-1)49-21-33-55(34-22-49)61(56-35-23-50(24-36-56)46-15-7-2-8-16-46)59-41-29-53(30-42-59)54-31-43-60(44-32-54)62(57-37-25-51(26-38-57)47-17-9-3-10-18-47)58-39-27-52(28-40-58)48-19-11-4-12-20-48;1-5-17-31(18-6-1)43(32-19-7-2-8-20-32)41-29-39-36-26-14-16-28-38(36)42(30-40(39)35-25-13-15-27-37(35)41)44(33-21-9-3-10-22-33)34-23-11-4-12-24-34/h1-44H;1-30H. The molecule has 0 unspecified atom stereocenters. The fourth-order valence-electron chi connectivity index (χ4n) is 14.7. The van der Waals surface area contributed by atoms with Gasteiger partial charge >= 0.3 is 0 Å². The third kappa shape index (κ3) is 13.7. The Labute approximate surface area is 620 Å². The summed E-state index contributed by atoms with van der Waals surface area (Å²) in [7, 11) is 0. The molecule has 0 heterocycles. The molecule has 106 heavy (non-hydrogen) atoms. The van der Waals surface area contributed by atoms with Gasteiger partial charge in [0.15, 0.2) is 0 Å². The first-order valence-corrected chi connectivity index (χ1v) is 36.2. The highest BCUT2D eigenvalue weighted by Crippen LogP contribution is 2.49. The fourth-order valence-corrected chi connectivity index (χ4v) is 14.7. The lowest BCUT2D eigenvalue weighted by molar-refractivity contribution is 1.28. The average Bonchev–Trinajstić information content (AvgIpc) is 0.725. The third-order valence-electron chi connectivity index (χ3n) is 19.9. The van der Waals surface area contributed by atoms with Crippen molar-refractivity contribution in [3.05, 3.63) is 449 Å². The second-order valence-corrected chi connectivity index (χ2v) is 26.4. The fraction of sp³-hybridized carbons (Fsp3) is 0. The zero-order valence-electron chi connectivity index (χ0n) is 58.5. The van der Waals surface area contributed by atoms with Crippen molar-refractivity contribution in [2.75, 3.05) is 19.6 Å². The molecular weight excluding hydrogens is 1280 g/mol.